The monoisotopic (exact) mass is 339 g/mol. The lowest BCUT2D eigenvalue weighted by atomic mass is 9.94. The van der Waals surface area contributed by atoms with E-state index in [1.807, 2.05) is 25.1 Å². The van der Waals surface area contributed by atoms with Crippen molar-refractivity contribution in [3.8, 4) is 0 Å². The molecular formula is C21H29N3O. The first-order valence-electron chi connectivity index (χ1n) is 8.83. The zero-order valence-corrected chi connectivity index (χ0v) is 15.7. The van der Waals surface area contributed by atoms with Gasteiger partial charge >= 0.3 is 0 Å². The van der Waals surface area contributed by atoms with Crippen LogP contribution in [0.2, 0.25) is 0 Å². The Labute approximate surface area is 151 Å². The van der Waals surface area contributed by atoms with Gasteiger partial charge in [-0.15, -0.1) is 0 Å². The fourth-order valence-electron chi connectivity index (χ4n) is 2.98. The van der Waals surface area contributed by atoms with Crippen molar-refractivity contribution in [3.63, 3.8) is 0 Å². The highest BCUT2D eigenvalue weighted by Crippen LogP contribution is 2.24. The van der Waals surface area contributed by atoms with E-state index in [4.69, 9.17) is 5.73 Å². The molecule has 0 radical (unpaired) electrons. The van der Waals surface area contributed by atoms with E-state index < -0.39 is 0 Å². The summed E-state index contributed by atoms with van der Waals surface area (Å²) in [6.45, 7) is 5.17. The van der Waals surface area contributed by atoms with Crippen LogP contribution >= 0.6 is 0 Å². The highest BCUT2D eigenvalue weighted by molar-refractivity contribution is 6.04. The van der Waals surface area contributed by atoms with Crippen LogP contribution in [-0.2, 0) is 0 Å². The molecule has 0 spiro atoms. The van der Waals surface area contributed by atoms with Crippen molar-refractivity contribution in [2.75, 3.05) is 31.7 Å². The topological polar surface area (TPSA) is 58.4 Å². The third-order valence-corrected chi connectivity index (χ3v) is 4.40. The number of carbonyl (C=O) groups is 1. The van der Waals surface area contributed by atoms with Gasteiger partial charge in [0, 0.05) is 23.5 Å². The van der Waals surface area contributed by atoms with Crippen LogP contribution in [0.1, 0.15) is 47.2 Å². The molecule has 1 atom stereocenters. The lowest BCUT2D eigenvalue weighted by Crippen LogP contribution is -2.20. The summed E-state index contributed by atoms with van der Waals surface area (Å²) < 4.78 is 0. The van der Waals surface area contributed by atoms with Crippen LogP contribution in [0.5, 0.6) is 0 Å². The summed E-state index contributed by atoms with van der Waals surface area (Å²) in [6.07, 6.45) is 2.32. The Morgan fingerprint density at radius 1 is 1.16 bits per heavy atom. The highest BCUT2D eigenvalue weighted by Gasteiger charge is 2.12. The van der Waals surface area contributed by atoms with Gasteiger partial charge in [-0.3, -0.25) is 4.79 Å². The van der Waals surface area contributed by atoms with Crippen LogP contribution < -0.4 is 11.1 Å². The first-order chi connectivity index (χ1) is 11.9. The predicted molar refractivity (Wildman–Crippen MR) is 106 cm³/mol. The number of aryl methyl sites for hydroxylation is 1. The normalized spacial score (nSPS) is 12.2. The molecule has 0 aliphatic rings. The van der Waals surface area contributed by atoms with Gasteiger partial charge in [-0.25, -0.2) is 0 Å². The van der Waals surface area contributed by atoms with Crippen molar-refractivity contribution in [2.24, 2.45) is 0 Å². The summed E-state index contributed by atoms with van der Waals surface area (Å²) in [5, 5.41) is 2.94. The quantitative estimate of drug-likeness (QED) is 0.741. The number of hydrogen-bond donors (Lipinski definition) is 2. The first kappa shape index (κ1) is 19.0. The number of hydrogen-bond acceptors (Lipinski definition) is 3. The summed E-state index contributed by atoms with van der Waals surface area (Å²) in [7, 11) is 4.20. The van der Waals surface area contributed by atoms with Gasteiger partial charge in [0.2, 0.25) is 0 Å². The molecule has 134 valence electrons. The van der Waals surface area contributed by atoms with Crippen LogP contribution in [-0.4, -0.2) is 31.4 Å². The third kappa shape index (κ3) is 5.33. The van der Waals surface area contributed by atoms with Gasteiger partial charge in [-0.1, -0.05) is 31.5 Å². The number of carbonyl (C=O) groups excluding carboxylic acids is 1. The van der Waals surface area contributed by atoms with Gasteiger partial charge in [0.15, 0.2) is 0 Å². The largest absolute Gasteiger partial charge is 0.398 e. The molecule has 0 fully saturated rings. The molecule has 2 aromatic rings. The maximum atomic E-state index is 12.4. The van der Waals surface area contributed by atoms with Crippen molar-refractivity contribution in [1.82, 2.24) is 4.90 Å². The van der Waals surface area contributed by atoms with Crippen LogP contribution in [0, 0.1) is 6.92 Å². The standard InChI is InChI=1S/C21H29N3O/c1-5-6-18(14-24(3)4)16-9-11-19(12-10-16)23-21(25)17-8-7-15(2)20(22)13-17/h7-13,18H,5-6,14,22H2,1-4H3,(H,23,25). The minimum absolute atomic E-state index is 0.141. The number of nitrogen functional groups attached to an aromatic ring is 1. The second-order valence-electron chi connectivity index (χ2n) is 6.90. The Bertz CT molecular complexity index is 708. The summed E-state index contributed by atoms with van der Waals surface area (Å²) in [5.41, 5.74) is 10.2. The van der Waals surface area contributed by atoms with Gasteiger partial charge in [0.05, 0.1) is 0 Å². The number of nitrogens with zero attached hydrogens (tertiary/aromatic N) is 1. The Balaban J connectivity index is 2.08. The first-order valence-corrected chi connectivity index (χ1v) is 8.83. The van der Waals surface area contributed by atoms with Crippen molar-refractivity contribution in [3.05, 3.63) is 59.2 Å². The molecule has 0 aliphatic carbocycles. The van der Waals surface area contributed by atoms with E-state index in [1.165, 1.54) is 5.56 Å². The summed E-state index contributed by atoms with van der Waals surface area (Å²) in [4.78, 5) is 14.6. The van der Waals surface area contributed by atoms with Crippen molar-refractivity contribution in [2.45, 2.75) is 32.6 Å². The maximum absolute atomic E-state index is 12.4. The minimum atomic E-state index is -0.141. The van der Waals surface area contributed by atoms with Crippen molar-refractivity contribution < 1.29 is 4.79 Å². The van der Waals surface area contributed by atoms with E-state index in [1.54, 1.807) is 12.1 Å². The molecule has 1 amide bonds. The molecule has 4 nitrogen and oxygen atoms in total. The summed E-state index contributed by atoms with van der Waals surface area (Å²) in [6, 6.07) is 13.6. The zero-order valence-electron chi connectivity index (χ0n) is 15.7. The lowest BCUT2D eigenvalue weighted by molar-refractivity contribution is 0.102. The Hall–Kier alpha value is -2.33. The SMILES string of the molecule is CCCC(CN(C)C)c1ccc(NC(=O)c2ccc(C)c(N)c2)cc1. The van der Waals surface area contributed by atoms with Crippen molar-refractivity contribution >= 4 is 17.3 Å². The Morgan fingerprint density at radius 3 is 2.40 bits per heavy atom. The lowest BCUT2D eigenvalue weighted by Gasteiger charge is -2.21. The fourth-order valence-corrected chi connectivity index (χ4v) is 2.98. The Morgan fingerprint density at radius 2 is 1.84 bits per heavy atom. The van der Waals surface area contributed by atoms with Gasteiger partial charge in [-0.05, 0) is 68.8 Å². The average Bonchev–Trinajstić information content (AvgIpc) is 2.57. The van der Waals surface area contributed by atoms with Crippen LogP contribution in [0.4, 0.5) is 11.4 Å². The molecule has 2 aromatic carbocycles. The van der Waals surface area contributed by atoms with E-state index in [-0.39, 0.29) is 5.91 Å². The second kappa shape index (κ2) is 8.67. The molecule has 0 aromatic heterocycles. The number of likely N-dealkylation sites (N-methyl/N-ethyl adjacent to an activating group) is 1. The molecule has 0 heterocycles. The van der Waals surface area contributed by atoms with Gasteiger partial charge in [-0.2, -0.15) is 0 Å². The minimum Gasteiger partial charge on any atom is -0.398 e. The predicted octanol–water partition coefficient (Wildman–Crippen LogP) is 4.27. The number of nitrogens with two attached hydrogens (primary N) is 1. The molecular weight excluding hydrogens is 310 g/mol. The third-order valence-electron chi connectivity index (χ3n) is 4.40. The molecule has 4 heteroatoms. The molecule has 0 aliphatic heterocycles. The van der Waals surface area contributed by atoms with Crippen LogP contribution in [0.15, 0.2) is 42.5 Å². The average molecular weight is 339 g/mol. The maximum Gasteiger partial charge on any atom is 0.255 e. The molecule has 3 N–H and O–H groups in total. The van der Waals surface area contributed by atoms with Gasteiger partial charge in [0.25, 0.3) is 5.91 Å². The fraction of sp³-hybridized carbons (Fsp3) is 0.381. The molecule has 2 rings (SSSR count). The van der Waals surface area contributed by atoms with Crippen molar-refractivity contribution in [1.29, 1.82) is 0 Å². The van der Waals surface area contributed by atoms with E-state index in [2.05, 4.69) is 43.4 Å². The number of nitrogens with one attached hydrogen (secondary N) is 1. The number of amides is 1. The second-order valence-corrected chi connectivity index (χ2v) is 6.90. The van der Waals surface area contributed by atoms with E-state index in [0.29, 0.717) is 17.2 Å². The number of anilines is 2. The highest BCUT2D eigenvalue weighted by atomic mass is 16.1. The van der Waals surface area contributed by atoms with Crippen LogP contribution in [0.25, 0.3) is 0 Å². The molecule has 25 heavy (non-hydrogen) atoms. The number of benzene rings is 2. The molecule has 0 saturated carbocycles. The zero-order chi connectivity index (χ0) is 18.4. The summed E-state index contributed by atoms with van der Waals surface area (Å²) in [5.74, 6) is 0.375. The van der Waals surface area contributed by atoms with Crippen LogP contribution in [0.3, 0.4) is 0 Å². The van der Waals surface area contributed by atoms with Gasteiger partial charge in [0.1, 0.15) is 0 Å². The van der Waals surface area contributed by atoms with E-state index >= 15 is 0 Å². The van der Waals surface area contributed by atoms with Gasteiger partial charge < -0.3 is 16.0 Å². The molecule has 1 unspecified atom stereocenters. The molecule has 0 saturated heterocycles. The summed E-state index contributed by atoms with van der Waals surface area (Å²) >= 11 is 0. The van der Waals surface area contributed by atoms with E-state index in [9.17, 15) is 4.79 Å². The smallest absolute Gasteiger partial charge is 0.255 e. The Kier molecular flexibility index (Phi) is 6.59. The molecule has 0 bridgehead atoms. The number of rotatable bonds is 7. The van der Waals surface area contributed by atoms with E-state index in [0.717, 1.165) is 30.6 Å².